The molecule has 2 N–H and O–H groups in total. The molecule has 0 unspecified atom stereocenters. The lowest BCUT2D eigenvalue weighted by Crippen LogP contribution is -2.21. The van der Waals surface area contributed by atoms with Gasteiger partial charge in [-0.05, 0) is 7.05 Å². The van der Waals surface area contributed by atoms with Crippen molar-refractivity contribution in [3.8, 4) is 0 Å². The van der Waals surface area contributed by atoms with Gasteiger partial charge >= 0.3 is 0 Å². The molecule has 0 radical (unpaired) electrons. The molecule has 0 aromatic carbocycles. The van der Waals surface area contributed by atoms with Crippen LogP contribution < -0.4 is 10.6 Å². The average molecular weight is 126 g/mol. The summed E-state index contributed by atoms with van der Waals surface area (Å²) in [6.45, 7) is 8.93. The third-order valence-corrected chi connectivity index (χ3v) is 0.887. The summed E-state index contributed by atoms with van der Waals surface area (Å²) in [6, 6.07) is 0. The Labute approximate surface area is 56.6 Å². The van der Waals surface area contributed by atoms with E-state index >= 15 is 0 Å². The highest BCUT2D eigenvalue weighted by atomic mass is 14.9. The predicted molar refractivity (Wildman–Crippen MR) is 41.3 cm³/mol. The minimum atomic E-state index is 0.792. The van der Waals surface area contributed by atoms with Crippen molar-refractivity contribution in [1.29, 1.82) is 0 Å². The highest BCUT2D eigenvalue weighted by Gasteiger charge is 1.84. The van der Waals surface area contributed by atoms with Gasteiger partial charge in [-0.2, -0.15) is 0 Å². The third kappa shape index (κ3) is 5.11. The maximum atomic E-state index is 3.76. The fourth-order valence-corrected chi connectivity index (χ4v) is 0.492. The Bertz CT molecular complexity index is 97.1. The van der Waals surface area contributed by atoms with Gasteiger partial charge in [0.15, 0.2) is 0 Å². The summed E-state index contributed by atoms with van der Waals surface area (Å²) in [6.07, 6.45) is 1.81. The summed E-state index contributed by atoms with van der Waals surface area (Å²) >= 11 is 0. The van der Waals surface area contributed by atoms with Crippen LogP contribution in [0.5, 0.6) is 0 Å². The Hall–Kier alpha value is -0.760. The van der Waals surface area contributed by atoms with Crippen molar-refractivity contribution in [3.63, 3.8) is 0 Å². The van der Waals surface area contributed by atoms with E-state index in [1.807, 2.05) is 7.05 Å². The van der Waals surface area contributed by atoms with Crippen LogP contribution in [0.25, 0.3) is 0 Å². The lowest BCUT2D eigenvalue weighted by atomic mass is 10.4. The summed E-state index contributed by atoms with van der Waals surface area (Å²) in [7, 11) is 1.89. The Kier molecular flexibility index (Phi) is 4.92. The molecule has 0 atom stereocenters. The Morgan fingerprint density at radius 3 is 2.78 bits per heavy atom. The molecule has 0 aliphatic rings. The molecule has 0 bridgehead atoms. The van der Waals surface area contributed by atoms with Gasteiger partial charge in [-0.3, -0.25) is 0 Å². The van der Waals surface area contributed by atoms with Gasteiger partial charge in [0.05, 0.1) is 0 Å². The van der Waals surface area contributed by atoms with Gasteiger partial charge in [0.25, 0.3) is 0 Å². The van der Waals surface area contributed by atoms with E-state index < -0.39 is 0 Å². The van der Waals surface area contributed by atoms with Crippen LogP contribution >= 0.6 is 0 Å². The van der Waals surface area contributed by atoms with Gasteiger partial charge < -0.3 is 10.6 Å². The van der Waals surface area contributed by atoms with Crippen LogP contribution in [-0.2, 0) is 0 Å². The van der Waals surface area contributed by atoms with E-state index in [0.717, 1.165) is 18.8 Å². The molecular weight excluding hydrogens is 112 g/mol. The highest BCUT2D eigenvalue weighted by Crippen LogP contribution is 1.77. The molecule has 0 aliphatic heterocycles. The Morgan fingerprint density at radius 2 is 2.33 bits per heavy atom. The molecule has 0 fully saturated rings. The number of rotatable bonds is 5. The van der Waals surface area contributed by atoms with Gasteiger partial charge in [-0.1, -0.05) is 12.7 Å². The minimum Gasteiger partial charge on any atom is -0.384 e. The largest absolute Gasteiger partial charge is 0.384 e. The maximum Gasteiger partial charge on any atom is 0.0345 e. The van der Waals surface area contributed by atoms with Crippen LogP contribution in [0.2, 0.25) is 0 Å². The zero-order chi connectivity index (χ0) is 7.11. The van der Waals surface area contributed by atoms with Gasteiger partial charge in [-0.15, -0.1) is 6.58 Å². The van der Waals surface area contributed by atoms with E-state index in [4.69, 9.17) is 0 Å². The SMILES string of the molecule is C=CCNC(=C)CNC. The van der Waals surface area contributed by atoms with E-state index in [1.165, 1.54) is 0 Å². The second-order valence-corrected chi connectivity index (χ2v) is 1.80. The summed E-state index contributed by atoms with van der Waals surface area (Å²) in [5, 5.41) is 6.04. The van der Waals surface area contributed by atoms with Crippen molar-refractivity contribution < 1.29 is 0 Å². The van der Waals surface area contributed by atoms with E-state index in [-0.39, 0.29) is 0 Å². The zero-order valence-corrected chi connectivity index (χ0v) is 5.91. The van der Waals surface area contributed by atoms with Crippen molar-refractivity contribution in [2.24, 2.45) is 0 Å². The Balaban J connectivity index is 3.16. The molecule has 0 saturated carbocycles. The lowest BCUT2D eigenvalue weighted by molar-refractivity contribution is 0.788. The van der Waals surface area contributed by atoms with Crippen LogP contribution in [0.3, 0.4) is 0 Å². The molecule has 0 spiro atoms. The van der Waals surface area contributed by atoms with Crippen molar-refractivity contribution in [1.82, 2.24) is 10.6 Å². The second kappa shape index (κ2) is 5.38. The number of hydrogen-bond donors (Lipinski definition) is 2. The Morgan fingerprint density at radius 1 is 1.67 bits per heavy atom. The molecule has 0 aromatic heterocycles. The fraction of sp³-hybridized carbons (Fsp3) is 0.429. The van der Waals surface area contributed by atoms with E-state index in [9.17, 15) is 0 Å². The highest BCUT2D eigenvalue weighted by molar-refractivity contribution is 4.94. The first-order valence-electron chi connectivity index (χ1n) is 2.98. The molecule has 2 nitrogen and oxygen atoms in total. The first-order chi connectivity index (χ1) is 4.31. The fourth-order valence-electron chi connectivity index (χ4n) is 0.492. The monoisotopic (exact) mass is 126 g/mol. The third-order valence-electron chi connectivity index (χ3n) is 0.887. The number of likely N-dealkylation sites (N-methyl/N-ethyl adjacent to an activating group) is 1. The van der Waals surface area contributed by atoms with Crippen LogP contribution in [-0.4, -0.2) is 20.1 Å². The summed E-state index contributed by atoms with van der Waals surface area (Å²) in [4.78, 5) is 0. The molecule has 2 heteroatoms. The van der Waals surface area contributed by atoms with Gasteiger partial charge in [0.2, 0.25) is 0 Å². The summed E-state index contributed by atoms with van der Waals surface area (Å²) in [5.74, 6) is 0. The molecule has 0 amide bonds. The number of nitrogens with one attached hydrogen (secondary N) is 2. The van der Waals surface area contributed by atoms with Crippen LogP contribution in [0.1, 0.15) is 0 Å². The smallest absolute Gasteiger partial charge is 0.0345 e. The molecule has 52 valence electrons. The summed E-state index contributed by atoms with van der Waals surface area (Å²) < 4.78 is 0. The van der Waals surface area contributed by atoms with Crippen molar-refractivity contribution in [3.05, 3.63) is 24.9 Å². The standard InChI is InChI=1S/C7H14N2/c1-4-5-9-7(2)6-8-3/h4,8-9H,1-2,5-6H2,3H3. The van der Waals surface area contributed by atoms with Crippen molar-refractivity contribution in [2.45, 2.75) is 0 Å². The molecular formula is C7H14N2. The summed E-state index contributed by atoms with van der Waals surface area (Å²) in [5.41, 5.74) is 0.998. The topological polar surface area (TPSA) is 24.1 Å². The minimum absolute atomic E-state index is 0.792. The first kappa shape index (κ1) is 8.24. The van der Waals surface area contributed by atoms with Crippen molar-refractivity contribution >= 4 is 0 Å². The number of hydrogen-bond acceptors (Lipinski definition) is 2. The van der Waals surface area contributed by atoms with Crippen LogP contribution in [0, 0.1) is 0 Å². The van der Waals surface area contributed by atoms with Crippen molar-refractivity contribution in [2.75, 3.05) is 20.1 Å². The van der Waals surface area contributed by atoms with Gasteiger partial charge in [0, 0.05) is 18.8 Å². The molecule has 0 aliphatic carbocycles. The zero-order valence-electron chi connectivity index (χ0n) is 5.91. The van der Waals surface area contributed by atoms with Gasteiger partial charge in [0.1, 0.15) is 0 Å². The average Bonchev–Trinajstić information content (AvgIpc) is 1.85. The van der Waals surface area contributed by atoms with Crippen LogP contribution in [0.15, 0.2) is 24.9 Å². The van der Waals surface area contributed by atoms with Gasteiger partial charge in [-0.25, -0.2) is 0 Å². The van der Waals surface area contributed by atoms with E-state index in [0.29, 0.717) is 0 Å². The maximum absolute atomic E-state index is 3.76. The molecule has 0 heterocycles. The normalized spacial score (nSPS) is 8.56. The first-order valence-corrected chi connectivity index (χ1v) is 2.98. The van der Waals surface area contributed by atoms with Crippen LogP contribution in [0.4, 0.5) is 0 Å². The lowest BCUT2D eigenvalue weighted by Gasteiger charge is -2.04. The van der Waals surface area contributed by atoms with E-state index in [2.05, 4.69) is 23.8 Å². The molecule has 0 aromatic rings. The molecule has 9 heavy (non-hydrogen) atoms. The quantitative estimate of drug-likeness (QED) is 0.524. The molecule has 0 rings (SSSR count). The van der Waals surface area contributed by atoms with E-state index in [1.54, 1.807) is 6.08 Å². The second-order valence-electron chi connectivity index (χ2n) is 1.80. The molecule has 0 saturated heterocycles. The predicted octanol–water partition coefficient (Wildman–Crippen LogP) is 0.495.